The van der Waals surface area contributed by atoms with Gasteiger partial charge in [0.25, 0.3) is 10.0 Å². The number of nitrogens with one attached hydrogen (secondary N) is 1. The molecule has 0 heterocycles. The van der Waals surface area contributed by atoms with E-state index in [9.17, 15) is 13.2 Å². The van der Waals surface area contributed by atoms with E-state index < -0.39 is 28.5 Å². The maximum atomic E-state index is 13.8. The first-order valence-electron chi connectivity index (χ1n) is 12.2. The highest BCUT2D eigenvalue weighted by atomic mass is 35.5. The summed E-state index contributed by atoms with van der Waals surface area (Å²) in [4.78, 5) is 13.6. The van der Waals surface area contributed by atoms with E-state index in [-0.39, 0.29) is 10.6 Å². The fraction of sp³-hybridized carbons (Fsp3) is 0.167. The first kappa shape index (κ1) is 27.2. The number of nitrogens with zero attached hydrogens (tertiary/aromatic N) is 1. The number of benzene rings is 4. The smallest absolute Gasteiger partial charge is 0.264 e. The molecule has 0 fully saturated rings. The molecule has 4 aromatic rings. The average molecular weight is 549 g/mol. The van der Waals surface area contributed by atoms with Crippen LogP contribution in [0.25, 0.3) is 0 Å². The van der Waals surface area contributed by atoms with E-state index in [0.717, 1.165) is 21.0 Å². The van der Waals surface area contributed by atoms with Crippen molar-refractivity contribution in [2.45, 2.75) is 24.8 Å². The van der Waals surface area contributed by atoms with Crippen molar-refractivity contribution in [2.24, 2.45) is 0 Å². The third-order valence-electron chi connectivity index (χ3n) is 5.97. The summed E-state index contributed by atoms with van der Waals surface area (Å²) < 4.78 is 34.5. The molecule has 4 aromatic carbocycles. The molecule has 38 heavy (non-hydrogen) atoms. The number of anilines is 1. The molecule has 0 spiro atoms. The number of rotatable bonds is 10. The SMILES string of the molecule is CCOc1ccccc1N(CC(=O)N[C@@H](c1ccccc1)c1ccc(C)cc1)S(=O)(=O)c1ccc(Cl)cc1. The molecular weight excluding hydrogens is 520 g/mol. The van der Waals surface area contributed by atoms with Crippen LogP contribution in [0.1, 0.15) is 29.7 Å². The molecule has 196 valence electrons. The molecule has 0 saturated carbocycles. The van der Waals surface area contributed by atoms with Gasteiger partial charge >= 0.3 is 0 Å². The molecule has 0 saturated heterocycles. The van der Waals surface area contributed by atoms with Gasteiger partial charge in [0.1, 0.15) is 12.3 Å². The van der Waals surface area contributed by atoms with Gasteiger partial charge in [-0.05, 0) is 61.4 Å². The predicted octanol–water partition coefficient (Wildman–Crippen LogP) is 6.15. The van der Waals surface area contributed by atoms with Gasteiger partial charge in [-0.15, -0.1) is 0 Å². The zero-order valence-corrected chi connectivity index (χ0v) is 22.7. The molecule has 1 amide bonds. The van der Waals surface area contributed by atoms with Gasteiger partial charge in [-0.25, -0.2) is 8.42 Å². The van der Waals surface area contributed by atoms with Crippen LogP contribution in [0.2, 0.25) is 5.02 Å². The fourth-order valence-electron chi connectivity index (χ4n) is 4.07. The van der Waals surface area contributed by atoms with Gasteiger partial charge in [0.2, 0.25) is 5.91 Å². The second-order valence-electron chi connectivity index (χ2n) is 8.69. The Kier molecular flexibility index (Phi) is 8.71. The van der Waals surface area contributed by atoms with Gasteiger partial charge in [-0.3, -0.25) is 9.10 Å². The monoisotopic (exact) mass is 548 g/mol. The zero-order valence-electron chi connectivity index (χ0n) is 21.2. The van der Waals surface area contributed by atoms with Crippen molar-refractivity contribution >= 4 is 33.2 Å². The number of carbonyl (C=O) groups is 1. The van der Waals surface area contributed by atoms with Crippen LogP contribution in [-0.4, -0.2) is 27.5 Å². The van der Waals surface area contributed by atoms with Crippen LogP contribution >= 0.6 is 11.6 Å². The second-order valence-corrected chi connectivity index (χ2v) is 11.0. The number of para-hydroxylation sites is 2. The minimum absolute atomic E-state index is 0.0131. The standard InChI is InChI=1S/C30H29ClN2O4S/c1-3-37-28-12-8-7-11-27(28)33(38(35,36)26-19-17-25(31)18-20-26)21-29(34)32-30(23-9-5-4-6-10-23)24-15-13-22(2)14-16-24/h4-20,30H,3,21H2,1-2H3,(H,32,34)/t30-/m0/s1. The summed E-state index contributed by atoms with van der Waals surface area (Å²) >= 11 is 6.00. The number of carbonyl (C=O) groups excluding carboxylic acids is 1. The van der Waals surface area contributed by atoms with Crippen molar-refractivity contribution in [2.75, 3.05) is 17.5 Å². The van der Waals surface area contributed by atoms with Crippen LogP contribution in [0.5, 0.6) is 5.75 Å². The lowest BCUT2D eigenvalue weighted by molar-refractivity contribution is -0.120. The Balaban J connectivity index is 1.72. The number of amides is 1. The Morgan fingerprint density at radius 2 is 1.47 bits per heavy atom. The summed E-state index contributed by atoms with van der Waals surface area (Å²) in [5.74, 6) is -0.109. The predicted molar refractivity (Wildman–Crippen MR) is 151 cm³/mol. The van der Waals surface area contributed by atoms with Crippen LogP contribution in [0.15, 0.2) is 108 Å². The Hall–Kier alpha value is -3.81. The lowest BCUT2D eigenvalue weighted by Crippen LogP contribution is -2.42. The largest absolute Gasteiger partial charge is 0.492 e. The normalized spacial score (nSPS) is 12.0. The minimum atomic E-state index is -4.14. The highest BCUT2D eigenvalue weighted by molar-refractivity contribution is 7.92. The first-order chi connectivity index (χ1) is 18.3. The number of hydrogen-bond donors (Lipinski definition) is 1. The molecule has 0 aromatic heterocycles. The number of halogens is 1. The zero-order chi connectivity index (χ0) is 27.1. The van der Waals surface area contributed by atoms with Crippen LogP contribution in [0.3, 0.4) is 0 Å². The summed E-state index contributed by atoms with van der Waals surface area (Å²) in [6.45, 7) is 3.69. The lowest BCUT2D eigenvalue weighted by atomic mass is 9.98. The molecule has 8 heteroatoms. The summed E-state index contributed by atoms with van der Waals surface area (Å²) in [6, 6.07) is 29.6. The Bertz CT molecular complexity index is 1480. The molecule has 6 nitrogen and oxygen atoms in total. The second kappa shape index (κ2) is 12.2. The molecule has 0 aliphatic heterocycles. The average Bonchev–Trinajstić information content (AvgIpc) is 2.92. The van der Waals surface area contributed by atoms with E-state index in [4.69, 9.17) is 16.3 Å². The molecule has 0 aliphatic carbocycles. The minimum Gasteiger partial charge on any atom is -0.492 e. The van der Waals surface area contributed by atoms with Gasteiger partial charge < -0.3 is 10.1 Å². The third kappa shape index (κ3) is 6.36. The van der Waals surface area contributed by atoms with E-state index >= 15 is 0 Å². The summed E-state index contributed by atoms with van der Waals surface area (Å²) in [5.41, 5.74) is 3.13. The van der Waals surface area contributed by atoms with Gasteiger partial charge in [-0.1, -0.05) is 83.9 Å². The molecule has 0 bridgehead atoms. The van der Waals surface area contributed by atoms with Gasteiger partial charge in [0.05, 0.1) is 23.2 Å². The quantitative estimate of drug-likeness (QED) is 0.258. The van der Waals surface area contributed by atoms with Crippen LogP contribution in [0, 0.1) is 6.92 Å². The van der Waals surface area contributed by atoms with E-state index in [1.54, 1.807) is 24.3 Å². The summed E-state index contributed by atoms with van der Waals surface area (Å²) in [7, 11) is -4.14. The van der Waals surface area contributed by atoms with Crippen molar-refractivity contribution < 1.29 is 17.9 Å². The highest BCUT2D eigenvalue weighted by Crippen LogP contribution is 2.33. The summed E-state index contributed by atoms with van der Waals surface area (Å²) in [5, 5.41) is 3.46. The first-order valence-corrected chi connectivity index (χ1v) is 14.0. The van der Waals surface area contributed by atoms with E-state index in [2.05, 4.69) is 5.32 Å². The third-order valence-corrected chi connectivity index (χ3v) is 8.00. The summed E-state index contributed by atoms with van der Waals surface area (Å²) in [6.07, 6.45) is 0. The van der Waals surface area contributed by atoms with Crippen LogP contribution in [-0.2, 0) is 14.8 Å². The van der Waals surface area contributed by atoms with E-state index in [1.807, 2.05) is 68.4 Å². The molecule has 1 atom stereocenters. The lowest BCUT2D eigenvalue weighted by Gasteiger charge is -2.27. The molecule has 0 radical (unpaired) electrons. The number of sulfonamides is 1. The van der Waals surface area contributed by atoms with E-state index in [0.29, 0.717) is 17.4 Å². The van der Waals surface area contributed by atoms with Crippen molar-refractivity contribution in [3.63, 3.8) is 0 Å². The number of aryl methyl sites for hydroxylation is 1. The van der Waals surface area contributed by atoms with Crippen LogP contribution < -0.4 is 14.4 Å². The van der Waals surface area contributed by atoms with Gasteiger partial charge in [0, 0.05) is 5.02 Å². The molecule has 1 N–H and O–H groups in total. The van der Waals surface area contributed by atoms with Gasteiger partial charge in [0.15, 0.2) is 0 Å². The van der Waals surface area contributed by atoms with Crippen molar-refractivity contribution in [3.8, 4) is 5.75 Å². The van der Waals surface area contributed by atoms with Crippen molar-refractivity contribution in [3.05, 3.63) is 125 Å². The maximum absolute atomic E-state index is 13.8. The topological polar surface area (TPSA) is 75.7 Å². The Labute approximate surface area is 228 Å². The number of hydrogen-bond acceptors (Lipinski definition) is 4. The molecule has 0 aliphatic rings. The molecular formula is C30H29ClN2O4S. The van der Waals surface area contributed by atoms with Gasteiger partial charge in [-0.2, -0.15) is 0 Å². The molecule has 4 rings (SSSR count). The van der Waals surface area contributed by atoms with Crippen molar-refractivity contribution in [1.82, 2.24) is 5.32 Å². The fourth-order valence-corrected chi connectivity index (χ4v) is 5.63. The maximum Gasteiger partial charge on any atom is 0.264 e. The highest BCUT2D eigenvalue weighted by Gasteiger charge is 2.30. The molecule has 0 unspecified atom stereocenters. The Morgan fingerprint density at radius 1 is 0.868 bits per heavy atom. The van der Waals surface area contributed by atoms with Crippen LogP contribution in [0.4, 0.5) is 5.69 Å². The number of ether oxygens (including phenoxy) is 1. The Morgan fingerprint density at radius 3 is 2.13 bits per heavy atom. The van der Waals surface area contributed by atoms with E-state index in [1.165, 1.54) is 24.3 Å². The van der Waals surface area contributed by atoms with Crippen molar-refractivity contribution in [1.29, 1.82) is 0 Å².